The van der Waals surface area contributed by atoms with E-state index in [0.717, 1.165) is 29.7 Å². The molecule has 3 aromatic rings. The monoisotopic (exact) mass is 416 g/mol. The van der Waals surface area contributed by atoms with Gasteiger partial charge in [-0.2, -0.15) is 0 Å². The summed E-state index contributed by atoms with van der Waals surface area (Å²) < 4.78 is 0. The van der Waals surface area contributed by atoms with Crippen molar-refractivity contribution in [3.8, 4) is 0 Å². The Morgan fingerprint density at radius 2 is 1.30 bits per heavy atom. The molecule has 0 bridgehead atoms. The van der Waals surface area contributed by atoms with Crippen LogP contribution in [0.15, 0.2) is 78.9 Å². The molecule has 4 rings (SSSR count). The van der Waals surface area contributed by atoms with E-state index in [0.29, 0.717) is 5.92 Å². The first-order valence-corrected chi connectivity index (χ1v) is 11.9. The number of halogens is 1. The maximum Gasteiger partial charge on any atom is 0.0406 e. The van der Waals surface area contributed by atoms with E-state index in [1.54, 1.807) is 5.56 Å². The maximum absolute atomic E-state index is 5.98. The highest BCUT2D eigenvalue weighted by atomic mass is 35.5. The highest BCUT2D eigenvalue weighted by Gasteiger charge is 2.24. The zero-order valence-electron chi connectivity index (χ0n) is 18.1. The molecule has 1 atom stereocenters. The molecular weight excluding hydrogens is 384 g/mol. The normalized spacial score (nSPS) is 20.1. The second kappa shape index (κ2) is 10.3. The molecule has 30 heavy (non-hydrogen) atoms. The van der Waals surface area contributed by atoms with Crippen LogP contribution in [0.25, 0.3) is 0 Å². The number of hydrogen-bond acceptors (Lipinski definition) is 0. The summed E-state index contributed by atoms with van der Waals surface area (Å²) >= 11 is 5.98. The van der Waals surface area contributed by atoms with Crippen molar-refractivity contribution >= 4 is 11.6 Å². The van der Waals surface area contributed by atoms with Crippen LogP contribution in [-0.2, 0) is 12.8 Å². The maximum atomic E-state index is 5.98. The molecule has 1 aliphatic carbocycles. The lowest BCUT2D eigenvalue weighted by atomic mass is 9.75. The van der Waals surface area contributed by atoms with Crippen molar-refractivity contribution in [2.24, 2.45) is 5.92 Å². The topological polar surface area (TPSA) is 0 Å². The molecule has 0 spiro atoms. The van der Waals surface area contributed by atoms with Gasteiger partial charge in [0.25, 0.3) is 0 Å². The third-order valence-electron chi connectivity index (χ3n) is 6.97. The first-order valence-electron chi connectivity index (χ1n) is 11.6. The Morgan fingerprint density at radius 1 is 0.733 bits per heavy atom. The molecule has 0 nitrogen and oxygen atoms in total. The van der Waals surface area contributed by atoms with Crippen molar-refractivity contribution in [3.63, 3.8) is 0 Å². The molecule has 1 saturated carbocycles. The van der Waals surface area contributed by atoms with Gasteiger partial charge >= 0.3 is 0 Å². The summed E-state index contributed by atoms with van der Waals surface area (Å²) in [6.07, 6.45) is 8.93. The van der Waals surface area contributed by atoms with Gasteiger partial charge in [-0.15, -0.1) is 0 Å². The Balaban J connectivity index is 1.25. The van der Waals surface area contributed by atoms with E-state index in [2.05, 4.69) is 73.7 Å². The molecule has 156 valence electrons. The predicted molar refractivity (Wildman–Crippen MR) is 129 cm³/mol. The van der Waals surface area contributed by atoms with Gasteiger partial charge in [-0.25, -0.2) is 0 Å². The van der Waals surface area contributed by atoms with Crippen molar-refractivity contribution < 1.29 is 0 Å². The first kappa shape index (κ1) is 21.2. The standard InChI is InChI=1S/C29H33Cl/c1-22(26-5-3-2-4-6-26)21-25-11-17-28(18-12-25)27-15-9-23(10-16-27)7-8-24-13-19-29(30)20-14-24/h2-6,9-10,13-16,19-20,22,25,28H,7-8,11-12,17-18,21H2,1H3/t22-,25?,28?/m0/s1. The summed E-state index contributed by atoms with van der Waals surface area (Å²) in [5.41, 5.74) is 5.82. The number of rotatable bonds is 7. The van der Waals surface area contributed by atoms with Gasteiger partial charge in [0.2, 0.25) is 0 Å². The van der Waals surface area contributed by atoms with E-state index in [-0.39, 0.29) is 0 Å². The summed E-state index contributed by atoms with van der Waals surface area (Å²) in [5, 5.41) is 0.812. The fourth-order valence-electron chi connectivity index (χ4n) is 5.05. The van der Waals surface area contributed by atoms with Crippen LogP contribution in [0.4, 0.5) is 0 Å². The van der Waals surface area contributed by atoms with Gasteiger partial charge in [0.15, 0.2) is 0 Å². The molecule has 0 unspecified atom stereocenters. The van der Waals surface area contributed by atoms with Crippen LogP contribution in [0.2, 0.25) is 5.02 Å². The number of aryl methyl sites for hydroxylation is 2. The van der Waals surface area contributed by atoms with E-state index < -0.39 is 0 Å². The van der Waals surface area contributed by atoms with Crippen LogP contribution in [0.5, 0.6) is 0 Å². The molecule has 1 heteroatoms. The first-order chi connectivity index (χ1) is 14.7. The Hall–Kier alpha value is -2.05. The van der Waals surface area contributed by atoms with Gasteiger partial charge in [0.05, 0.1) is 0 Å². The molecule has 0 saturated heterocycles. The summed E-state index contributed by atoms with van der Waals surface area (Å²) in [6.45, 7) is 2.39. The molecule has 0 heterocycles. The van der Waals surface area contributed by atoms with Gasteiger partial charge in [-0.3, -0.25) is 0 Å². The number of benzene rings is 3. The van der Waals surface area contributed by atoms with E-state index in [9.17, 15) is 0 Å². The number of hydrogen-bond donors (Lipinski definition) is 0. The molecule has 0 radical (unpaired) electrons. The lowest BCUT2D eigenvalue weighted by molar-refractivity contribution is 0.297. The van der Waals surface area contributed by atoms with Crippen LogP contribution in [0.1, 0.15) is 73.1 Å². The average molecular weight is 417 g/mol. The molecular formula is C29H33Cl. The van der Waals surface area contributed by atoms with Crippen molar-refractivity contribution in [1.82, 2.24) is 0 Å². The zero-order valence-corrected chi connectivity index (χ0v) is 18.8. The van der Waals surface area contributed by atoms with Crippen molar-refractivity contribution in [2.75, 3.05) is 0 Å². The van der Waals surface area contributed by atoms with Gasteiger partial charge in [0.1, 0.15) is 0 Å². The van der Waals surface area contributed by atoms with Gasteiger partial charge < -0.3 is 0 Å². The minimum atomic E-state index is 0.674. The summed E-state index contributed by atoms with van der Waals surface area (Å²) in [4.78, 5) is 0. The Morgan fingerprint density at radius 3 is 1.90 bits per heavy atom. The Bertz CT molecular complexity index is 887. The molecule has 0 N–H and O–H groups in total. The molecule has 0 aromatic heterocycles. The zero-order chi connectivity index (χ0) is 20.8. The van der Waals surface area contributed by atoms with Crippen molar-refractivity contribution in [2.45, 2.75) is 63.7 Å². The van der Waals surface area contributed by atoms with Crippen LogP contribution >= 0.6 is 11.6 Å². The fraction of sp³-hybridized carbons (Fsp3) is 0.379. The minimum Gasteiger partial charge on any atom is -0.0843 e. The minimum absolute atomic E-state index is 0.674. The SMILES string of the molecule is C[C@@H](CC1CCC(c2ccc(CCc3ccc(Cl)cc3)cc2)CC1)c1ccccc1. The largest absolute Gasteiger partial charge is 0.0843 e. The second-order valence-electron chi connectivity index (χ2n) is 9.13. The molecule has 0 amide bonds. The Labute approximate surface area is 187 Å². The molecule has 1 aliphatic rings. The summed E-state index contributed by atoms with van der Waals surface area (Å²) in [5.74, 6) is 2.31. The second-order valence-corrected chi connectivity index (χ2v) is 9.57. The van der Waals surface area contributed by atoms with Crippen LogP contribution in [-0.4, -0.2) is 0 Å². The lowest BCUT2D eigenvalue weighted by Crippen LogP contribution is -2.15. The van der Waals surface area contributed by atoms with E-state index >= 15 is 0 Å². The van der Waals surface area contributed by atoms with E-state index in [1.807, 2.05) is 12.1 Å². The van der Waals surface area contributed by atoms with E-state index in [4.69, 9.17) is 11.6 Å². The van der Waals surface area contributed by atoms with Gasteiger partial charge in [-0.1, -0.05) is 85.3 Å². The quantitative estimate of drug-likeness (QED) is 0.361. The van der Waals surface area contributed by atoms with E-state index in [1.165, 1.54) is 48.8 Å². The lowest BCUT2D eigenvalue weighted by Gasteiger charge is -2.30. The highest BCUT2D eigenvalue weighted by Crippen LogP contribution is 2.39. The summed E-state index contributed by atoms with van der Waals surface area (Å²) in [6, 6.07) is 28.7. The van der Waals surface area contributed by atoms with Gasteiger partial charge in [-0.05, 0) is 97.1 Å². The smallest absolute Gasteiger partial charge is 0.0406 e. The van der Waals surface area contributed by atoms with Gasteiger partial charge in [0, 0.05) is 5.02 Å². The molecule has 3 aromatic carbocycles. The van der Waals surface area contributed by atoms with Crippen molar-refractivity contribution in [1.29, 1.82) is 0 Å². The molecule has 1 fully saturated rings. The molecule has 0 aliphatic heterocycles. The predicted octanol–water partition coefficient (Wildman–Crippen LogP) is 8.59. The van der Waals surface area contributed by atoms with Crippen molar-refractivity contribution in [3.05, 3.63) is 106 Å². The van der Waals surface area contributed by atoms with Crippen LogP contribution in [0, 0.1) is 5.92 Å². The third kappa shape index (κ3) is 5.76. The third-order valence-corrected chi connectivity index (χ3v) is 7.22. The fourth-order valence-corrected chi connectivity index (χ4v) is 5.17. The highest BCUT2D eigenvalue weighted by molar-refractivity contribution is 6.30. The Kier molecular flexibility index (Phi) is 7.28. The average Bonchev–Trinajstić information content (AvgIpc) is 2.80. The van der Waals surface area contributed by atoms with Crippen LogP contribution < -0.4 is 0 Å². The summed E-state index contributed by atoms with van der Waals surface area (Å²) in [7, 11) is 0. The van der Waals surface area contributed by atoms with Crippen LogP contribution in [0.3, 0.4) is 0 Å².